The highest BCUT2D eigenvalue weighted by molar-refractivity contribution is 7.99. The minimum atomic E-state index is -2.75. The maximum absolute atomic E-state index is 14.1. The number of fused-ring (bicyclic) bond motifs is 1. The summed E-state index contributed by atoms with van der Waals surface area (Å²) in [7, 11) is 0. The molecule has 3 heterocycles. The number of carbonyl (C=O) groups excluding carboxylic acids is 2. The second-order valence-corrected chi connectivity index (χ2v) is 14.0. The van der Waals surface area contributed by atoms with E-state index in [2.05, 4.69) is 20.8 Å². The summed E-state index contributed by atoms with van der Waals surface area (Å²) in [6, 6.07) is 2.14. The van der Waals surface area contributed by atoms with Gasteiger partial charge in [-0.25, -0.2) is 27.1 Å². The molecule has 3 atom stereocenters. The van der Waals surface area contributed by atoms with Crippen LogP contribution in [0.25, 0.3) is 5.65 Å². The molecule has 2 aliphatic rings. The van der Waals surface area contributed by atoms with Crippen LogP contribution in [0.15, 0.2) is 30.7 Å². The number of imidazole rings is 1. The van der Waals surface area contributed by atoms with Crippen molar-refractivity contribution in [3.05, 3.63) is 47.7 Å². The highest BCUT2D eigenvalue weighted by Crippen LogP contribution is 2.44. The first-order valence-corrected chi connectivity index (χ1v) is 17.4. The number of carbonyl (C=O) groups is 2. The zero-order valence-electron chi connectivity index (χ0n) is 27.1. The summed E-state index contributed by atoms with van der Waals surface area (Å²) in [5.74, 6) is -6.81. The molecule has 2 N–H and O–H groups in total. The van der Waals surface area contributed by atoms with Crippen molar-refractivity contribution in [2.75, 3.05) is 19.5 Å². The van der Waals surface area contributed by atoms with E-state index in [0.29, 0.717) is 35.8 Å². The number of halogens is 4. The van der Waals surface area contributed by atoms with Gasteiger partial charge in [-0.05, 0) is 69.4 Å². The third kappa shape index (κ3) is 8.45. The van der Waals surface area contributed by atoms with Crippen LogP contribution in [0, 0.1) is 11.8 Å². The maximum atomic E-state index is 14.1. The molecule has 3 aromatic heterocycles. The summed E-state index contributed by atoms with van der Waals surface area (Å²) in [6.45, 7) is 6.51. The van der Waals surface area contributed by atoms with Gasteiger partial charge in [0.15, 0.2) is 5.65 Å². The molecule has 258 valence electrons. The summed E-state index contributed by atoms with van der Waals surface area (Å²) in [6.07, 6.45) is 6.03. The van der Waals surface area contributed by atoms with E-state index in [4.69, 9.17) is 9.72 Å². The molecule has 2 saturated carbocycles. The SMILES string of the molecule is CCOCC(SC)C(NC(=O)CC1CC(F)(F)C1)c1cnn2cc([C@@H](NC(=O)c3ccnn3C(C)C)C3CCC(F)(F)CC3)nc2c1. The number of alkyl halides is 4. The van der Waals surface area contributed by atoms with Crippen LogP contribution in [0.1, 0.15) is 106 Å². The molecule has 10 nitrogen and oxygen atoms in total. The topological polar surface area (TPSA) is 115 Å². The minimum absolute atomic E-state index is 0.00253. The molecular weight excluding hydrogens is 638 g/mol. The number of hydrogen-bond acceptors (Lipinski definition) is 7. The first-order valence-electron chi connectivity index (χ1n) is 16.1. The van der Waals surface area contributed by atoms with Crippen molar-refractivity contribution in [2.24, 2.45) is 11.8 Å². The number of nitrogens with one attached hydrogen (secondary N) is 2. The van der Waals surface area contributed by atoms with Gasteiger partial charge in [0.2, 0.25) is 17.8 Å². The molecular formula is C32H43F4N7O3S. The van der Waals surface area contributed by atoms with E-state index < -0.39 is 23.9 Å². The van der Waals surface area contributed by atoms with Gasteiger partial charge >= 0.3 is 0 Å². The lowest BCUT2D eigenvalue weighted by molar-refractivity contribution is -0.134. The van der Waals surface area contributed by atoms with E-state index in [1.165, 1.54) is 11.8 Å². The molecule has 2 aliphatic carbocycles. The quantitative estimate of drug-likeness (QED) is 0.196. The van der Waals surface area contributed by atoms with Gasteiger partial charge in [0.1, 0.15) is 5.69 Å². The van der Waals surface area contributed by atoms with E-state index in [0.717, 1.165) is 0 Å². The van der Waals surface area contributed by atoms with Crippen molar-refractivity contribution in [1.29, 1.82) is 0 Å². The molecule has 2 fully saturated rings. The van der Waals surface area contributed by atoms with Crippen molar-refractivity contribution in [3.8, 4) is 0 Å². The predicted molar refractivity (Wildman–Crippen MR) is 170 cm³/mol. The smallest absolute Gasteiger partial charge is 0.270 e. The lowest BCUT2D eigenvalue weighted by atomic mass is 9.79. The molecule has 3 aromatic rings. The number of amides is 2. The van der Waals surface area contributed by atoms with Gasteiger partial charge < -0.3 is 15.4 Å². The number of thioether (sulfide) groups is 1. The van der Waals surface area contributed by atoms with Gasteiger partial charge in [0.05, 0.1) is 42.0 Å². The van der Waals surface area contributed by atoms with Crippen molar-refractivity contribution < 1.29 is 31.9 Å². The molecule has 0 bridgehead atoms. The molecule has 15 heteroatoms. The van der Waals surface area contributed by atoms with Crippen molar-refractivity contribution in [2.45, 2.75) is 101 Å². The van der Waals surface area contributed by atoms with Gasteiger partial charge in [-0.1, -0.05) is 0 Å². The fourth-order valence-corrected chi connectivity index (χ4v) is 7.26. The molecule has 0 saturated heterocycles. The molecule has 0 aromatic carbocycles. The standard InChI is InChI=1S/C32H43F4N7O3S/c1-5-46-18-25(47-4)29(40-27(44)12-20-14-32(35,36)15-20)22-13-26-39-23(17-42(26)38-16-22)28(21-6-9-31(33,34)10-7-21)41-30(45)24-8-11-37-43(24)19(2)3/h8,11,13,16-17,19-21,25,28-29H,5-7,9-10,12,14-15,18H2,1-4H3,(H,40,44)(H,41,45)/t25?,28-,29?/m0/s1. The van der Waals surface area contributed by atoms with Gasteiger partial charge in [-0.2, -0.15) is 22.0 Å². The van der Waals surface area contributed by atoms with Crippen LogP contribution in [0.4, 0.5) is 17.6 Å². The fourth-order valence-electron chi connectivity index (χ4n) is 6.53. The average Bonchev–Trinajstić information content (AvgIpc) is 3.66. The Hall–Kier alpha value is -3.20. The second kappa shape index (κ2) is 14.5. The largest absolute Gasteiger partial charge is 0.380 e. The second-order valence-electron chi connectivity index (χ2n) is 13.0. The Bertz CT molecular complexity index is 1530. The zero-order valence-corrected chi connectivity index (χ0v) is 27.9. The van der Waals surface area contributed by atoms with E-state index in [1.807, 2.05) is 27.0 Å². The van der Waals surface area contributed by atoms with Crippen molar-refractivity contribution in [1.82, 2.24) is 35.0 Å². The fraction of sp³-hybridized carbons (Fsp3) is 0.656. The first kappa shape index (κ1) is 35.1. The van der Waals surface area contributed by atoms with Gasteiger partial charge in [-0.3, -0.25) is 14.3 Å². The van der Waals surface area contributed by atoms with Crippen LogP contribution in [0.2, 0.25) is 0 Å². The molecule has 2 amide bonds. The van der Waals surface area contributed by atoms with Crippen LogP contribution in [0.5, 0.6) is 0 Å². The zero-order chi connectivity index (χ0) is 33.9. The van der Waals surface area contributed by atoms with Crippen LogP contribution in [0.3, 0.4) is 0 Å². The van der Waals surface area contributed by atoms with E-state index in [9.17, 15) is 27.2 Å². The Labute approximate surface area is 275 Å². The number of rotatable bonds is 14. The van der Waals surface area contributed by atoms with Gasteiger partial charge in [0.25, 0.3) is 5.91 Å². The summed E-state index contributed by atoms with van der Waals surface area (Å²) in [5, 5.41) is 14.7. The average molecular weight is 682 g/mol. The van der Waals surface area contributed by atoms with E-state index in [-0.39, 0.29) is 79.9 Å². The Kier molecular flexibility index (Phi) is 10.8. The van der Waals surface area contributed by atoms with Gasteiger partial charge in [-0.15, -0.1) is 0 Å². The third-order valence-electron chi connectivity index (χ3n) is 9.08. The summed E-state index contributed by atoms with van der Waals surface area (Å²) in [5.41, 5.74) is 1.94. The molecule has 0 aliphatic heterocycles. The summed E-state index contributed by atoms with van der Waals surface area (Å²) in [4.78, 5) is 31.4. The Morgan fingerprint density at radius 1 is 1.11 bits per heavy atom. The van der Waals surface area contributed by atoms with Crippen molar-refractivity contribution in [3.63, 3.8) is 0 Å². The molecule has 0 spiro atoms. The van der Waals surface area contributed by atoms with Crippen LogP contribution in [-0.4, -0.2) is 72.8 Å². The molecule has 47 heavy (non-hydrogen) atoms. The normalized spacial score (nSPS) is 20.1. The lowest BCUT2D eigenvalue weighted by Gasteiger charge is -2.35. The Morgan fingerprint density at radius 2 is 1.83 bits per heavy atom. The van der Waals surface area contributed by atoms with Crippen LogP contribution in [-0.2, 0) is 9.53 Å². The number of nitrogens with zero attached hydrogens (tertiary/aromatic N) is 5. The minimum Gasteiger partial charge on any atom is -0.380 e. The van der Waals surface area contributed by atoms with E-state index >= 15 is 0 Å². The molecule has 5 rings (SSSR count). The number of hydrogen-bond donors (Lipinski definition) is 2. The van der Waals surface area contributed by atoms with E-state index in [1.54, 1.807) is 39.9 Å². The Morgan fingerprint density at radius 3 is 2.47 bits per heavy atom. The lowest BCUT2D eigenvalue weighted by Crippen LogP contribution is -2.41. The van der Waals surface area contributed by atoms with Crippen molar-refractivity contribution >= 4 is 29.2 Å². The highest BCUT2D eigenvalue weighted by Gasteiger charge is 2.46. The van der Waals surface area contributed by atoms with Gasteiger partial charge in [0, 0.05) is 50.9 Å². The Balaban J connectivity index is 1.43. The highest BCUT2D eigenvalue weighted by atomic mass is 32.2. The maximum Gasteiger partial charge on any atom is 0.270 e. The number of aromatic nitrogens is 5. The molecule has 2 unspecified atom stereocenters. The van der Waals surface area contributed by atoms with Crippen LogP contribution < -0.4 is 10.6 Å². The summed E-state index contributed by atoms with van der Waals surface area (Å²) >= 11 is 1.51. The number of ether oxygens (including phenoxy) is 1. The third-order valence-corrected chi connectivity index (χ3v) is 10.1. The molecule has 0 radical (unpaired) electrons. The monoisotopic (exact) mass is 681 g/mol. The van der Waals surface area contributed by atoms with Crippen LogP contribution >= 0.6 is 11.8 Å². The first-order chi connectivity index (χ1) is 22.3. The predicted octanol–water partition coefficient (Wildman–Crippen LogP) is 6.16. The summed E-state index contributed by atoms with van der Waals surface area (Å²) < 4.78 is 64.0.